The second-order valence-electron chi connectivity index (χ2n) is 4.69. The van der Waals surface area contributed by atoms with Gasteiger partial charge in [0.05, 0.1) is 10.5 Å². The van der Waals surface area contributed by atoms with Crippen LogP contribution in [-0.4, -0.2) is 15.9 Å². The number of carbonyl (C=O) groups is 1. The molecule has 0 fully saturated rings. The second-order valence-corrected chi connectivity index (χ2v) is 5.80. The van der Waals surface area contributed by atoms with Gasteiger partial charge in [-0.2, -0.15) is 0 Å². The summed E-state index contributed by atoms with van der Waals surface area (Å²) in [7, 11) is 0. The van der Waals surface area contributed by atoms with Gasteiger partial charge >= 0.3 is 0 Å². The van der Waals surface area contributed by atoms with Gasteiger partial charge < -0.3 is 4.52 Å². The Hall–Kier alpha value is -0.840. The molecule has 16 heavy (non-hydrogen) atoms. The van der Waals surface area contributed by atoms with Crippen molar-refractivity contribution in [1.29, 1.82) is 0 Å². The van der Waals surface area contributed by atoms with E-state index < -0.39 is 0 Å². The van der Waals surface area contributed by atoms with Gasteiger partial charge in [0.1, 0.15) is 0 Å². The van der Waals surface area contributed by atoms with Crippen molar-refractivity contribution < 1.29 is 9.32 Å². The fraction of sp³-hybridized carbons (Fsp3) is 0.636. The van der Waals surface area contributed by atoms with Gasteiger partial charge in [-0.3, -0.25) is 10.1 Å². The number of carbonyl (C=O) groups excluding carboxylic acids is 1. The first-order valence-electron chi connectivity index (χ1n) is 5.26. The van der Waals surface area contributed by atoms with Crippen molar-refractivity contribution in [2.24, 2.45) is 0 Å². The minimum Gasteiger partial charge on any atom is -0.338 e. The normalized spacial score (nSPS) is 13.6. The van der Waals surface area contributed by atoms with Crippen LogP contribution in [-0.2, 0) is 10.2 Å². The molecule has 1 atom stereocenters. The standard InChI is InChI=1S/C11H17BrN2O2/c1-5-7(12)10(15)13-9-6-8(14-16-9)11(2,3)4/h6-7H,5H2,1-4H3,(H,13,15). The van der Waals surface area contributed by atoms with E-state index in [1.807, 2.05) is 27.7 Å². The maximum atomic E-state index is 11.6. The number of nitrogens with zero attached hydrogens (tertiary/aromatic N) is 1. The topological polar surface area (TPSA) is 55.1 Å². The molecule has 0 saturated heterocycles. The highest BCUT2D eigenvalue weighted by atomic mass is 79.9. The predicted octanol–water partition coefficient (Wildman–Crippen LogP) is 3.08. The first-order chi connectivity index (χ1) is 7.34. The van der Waals surface area contributed by atoms with Crippen LogP contribution in [0.25, 0.3) is 0 Å². The molecule has 0 aliphatic carbocycles. The average Bonchev–Trinajstić information content (AvgIpc) is 2.64. The molecule has 0 saturated carbocycles. The number of aromatic nitrogens is 1. The molecule has 1 N–H and O–H groups in total. The SMILES string of the molecule is CCC(Br)C(=O)Nc1cc(C(C)(C)C)no1. The van der Waals surface area contributed by atoms with E-state index in [0.717, 1.165) is 12.1 Å². The number of rotatable bonds is 3. The van der Waals surface area contributed by atoms with Gasteiger partial charge in [0.25, 0.3) is 0 Å². The Labute approximate surface area is 104 Å². The minimum atomic E-state index is -0.198. The van der Waals surface area contributed by atoms with Crippen LogP contribution in [0, 0.1) is 0 Å². The van der Waals surface area contributed by atoms with Crippen molar-refractivity contribution in [2.45, 2.75) is 44.4 Å². The van der Waals surface area contributed by atoms with Gasteiger partial charge in [0, 0.05) is 11.5 Å². The largest absolute Gasteiger partial charge is 0.338 e. The van der Waals surface area contributed by atoms with Crippen LogP contribution in [0.3, 0.4) is 0 Å². The van der Waals surface area contributed by atoms with Gasteiger partial charge in [0.15, 0.2) is 0 Å². The fourth-order valence-electron chi connectivity index (χ4n) is 1.07. The summed E-state index contributed by atoms with van der Waals surface area (Å²) in [6, 6.07) is 1.76. The maximum Gasteiger partial charge on any atom is 0.240 e. The summed E-state index contributed by atoms with van der Waals surface area (Å²) in [5, 5.41) is 6.59. The molecule has 0 bridgehead atoms. The molecule has 4 nitrogen and oxygen atoms in total. The summed E-state index contributed by atoms with van der Waals surface area (Å²) in [5.41, 5.74) is 0.746. The first-order valence-corrected chi connectivity index (χ1v) is 6.18. The molecule has 0 aliphatic heterocycles. The number of alkyl halides is 1. The Morgan fingerprint density at radius 3 is 2.69 bits per heavy atom. The van der Waals surface area contributed by atoms with Gasteiger partial charge in [-0.25, -0.2) is 0 Å². The van der Waals surface area contributed by atoms with Crippen LogP contribution in [0.4, 0.5) is 5.88 Å². The highest BCUT2D eigenvalue weighted by Crippen LogP contribution is 2.23. The zero-order valence-electron chi connectivity index (χ0n) is 10.0. The second kappa shape index (κ2) is 4.99. The molecular formula is C11H17BrN2O2. The summed E-state index contributed by atoms with van der Waals surface area (Å²) < 4.78 is 5.05. The molecule has 1 aromatic heterocycles. The van der Waals surface area contributed by atoms with E-state index in [4.69, 9.17) is 4.52 Å². The highest BCUT2D eigenvalue weighted by molar-refractivity contribution is 9.10. The third-order valence-electron chi connectivity index (χ3n) is 2.17. The van der Waals surface area contributed by atoms with E-state index in [2.05, 4.69) is 26.4 Å². The van der Waals surface area contributed by atoms with E-state index in [9.17, 15) is 4.79 Å². The molecule has 90 valence electrons. The van der Waals surface area contributed by atoms with Crippen LogP contribution in [0.1, 0.15) is 39.8 Å². The summed E-state index contributed by atoms with van der Waals surface area (Å²) >= 11 is 3.27. The third-order valence-corrected chi connectivity index (χ3v) is 3.23. The molecule has 0 aromatic carbocycles. The fourth-order valence-corrected chi connectivity index (χ4v) is 1.19. The molecule has 1 heterocycles. The first kappa shape index (κ1) is 13.2. The monoisotopic (exact) mass is 288 g/mol. The third kappa shape index (κ3) is 3.33. The van der Waals surface area contributed by atoms with Crippen LogP contribution >= 0.6 is 15.9 Å². The molecule has 1 amide bonds. The summed E-state index contributed by atoms with van der Waals surface area (Å²) in [6.45, 7) is 8.04. The van der Waals surface area contributed by atoms with Crippen LogP contribution < -0.4 is 5.32 Å². The van der Waals surface area contributed by atoms with Crippen LogP contribution in [0.5, 0.6) is 0 Å². The molecule has 0 aliphatic rings. The Bertz CT molecular complexity index is 368. The van der Waals surface area contributed by atoms with Crippen molar-refractivity contribution in [3.05, 3.63) is 11.8 Å². The molecular weight excluding hydrogens is 272 g/mol. The van der Waals surface area contributed by atoms with Crippen LogP contribution in [0.2, 0.25) is 0 Å². The van der Waals surface area contributed by atoms with E-state index >= 15 is 0 Å². The number of halogens is 1. The number of anilines is 1. The van der Waals surface area contributed by atoms with Crippen LogP contribution in [0.15, 0.2) is 10.6 Å². The van der Waals surface area contributed by atoms with Crippen molar-refractivity contribution in [1.82, 2.24) is 5.16 Å². The lowest BCUT2D eigenvalue weighted by molar-refractivity contribution is -0.115. The van der Waals surface area contributed by atoms with Crippen molar-refractivity contribution >= 4 is 27.7 Å². The van der Waals surface area contributed by atoms with E-state index in [1.165, 1.54) is 0 Å². The van der Waals surface area contributed by atoms with Gasteiger partial charge in [-0.05, 0) is 6.42 Å². The van der Waals surface area contributed by atoms with Gasteiger partial charge in [-0.1, -0.05) is 48.8 Å². The Morgan fingerprint density at radius 2 is 2.25 bits per heavy atom. The number of nitrogens with one attached hydrogen (secondary N) is 1. The summed E-state index contributed by atoms with van der Waals surface area (Å²) in [6.07, 6.45) is 0.728. The number of hydrogen-bond donors (Lipinski definition) is 1. The Morgan fingerprint density at radius 1 is 1.62 bits per heavy atom. The molecule has 1 aromatic rings. The maximum absolute atomic E-state index is 11.6. The van der Waals surface area contributed by atoms with E-state index in [-0.39, 0.29) is 16.1 Å². The molecule has 0 spiro atoms. The van der Waals surface area contributed by atoms with Crippen molar-refractivity contribution in [3.63, 3.8) is 0 Å². The summed E-state index contributed by atoms with van der Waals surface area (Å²) in [5.74, 6) is 0.284. The smallest absolute Gasteiger partial charge is 0.240 e. The average molecular weight is 289 g/mol. The lowest BCUT2D eigenvalue weighted by Gasteiger charge is -2.12. The zero-order valence-corrected chi connectivity index (χ0v) is 11.6. The van der Waals surface area contributed by atoms with Crippen molar-refractivity contribution in [2.75, 3.05) is 5.32 Å². The van der Waals surface area contributed by atoms with Gasteiger partial charge in [0.2, 0.25) is 11.8 Å². The Balaban J connectivity index is 2.70. The minimum absolute atomic E-state index is 0.0783. The molecule has 1 rings (SSSR count). The van der Waals surface area contributed by atoms with Gasteiger partial charge in [-0.15, -0.1) is 0 Å². The van der Waals surface area contributed by atoms with E-state index in [0.29, 0.717) is 5.88 Å². The highest BCUT2D eigenvalue weighted by Gasteiger charge is 2.20. The molecule has 0 radical (unpaired) electrons. The zero-order chi connectivity index (χ0) is 12.3. The Kier molecular flexibility index (Phi) is 4.13. The molecule has 5 heteroatoms. The van der Waals surface area contributed by atoms with Crippen molar-refractivity contribution in [3.8, 4) is 0 Å². The lowest BCUT2D eigenvalue weighted by Crippen LogP contribution is -2.21. The predicted molar refractivity (Wildman–Crippen MR) is 66.8 cm³/mol. The quantitative estimate of drug-likeness (QED) is 0.870. The number of amides is 1. The molecule has 1 unspecified atom stereocenters. The lowest BCUT2D eigenvalue weighted by atomic mass is 9.92. The summed E-state index contributed by atoms with van der Waals surface area (Å²) in [4.78, 5) is 11.4. The number of hydrogen-bond acceptors (Lipinski definition) is 3. The van der Waals surface area contributed by atoms with E-state index in [1.54, 1.807) is 6.07 Å².